The number of aryl methyl sites for hydroxylation is 1. The van der Waals surface area contributed by atoms with Crippen LogP contribution in [-0.4, -0.2) is 23.9 Å². The Morgan fingerprint density at radius 3 is 3.00 bits per heavy atom. The van der Waals surface area contributed by atoms with Gasteiger partial charge >= 0.3 is 0 Å². The number of carbonyl (C=O) groups is 1. The van der Waals surface area contributed by atoms with E-state index in [1.807, 2.05) is 4.90 Å². The fourth-order valence-corrected chi connectivity index (χ4v) is 2.42. The van der Waals surface area contributed by atoms with E-state index in [0.29, 0.717) is 0 Å². The number of amides is 1. The highest BCUT2D eigenvalue weighted by Gasteiger charge is 2.26. The lowest BCUT2D eigenvalue weighted by Crippen LogP contribution is -2.42. The molecule has 86 valence electrons. The van der Waals surface area contributed by atoms with Crippen LogP contribution in [0.1, 0.15) is 29.7 Å². The highest BCUT2D eigenvalue weighted by Crippen LogP contribution is 2.29. The fourth-order valence-electron chi connectivity index (χ4n) is 2.42. The van der Waals surface area contributed by atoms with Crippen molar-refractivity contribution >= 4 is 5.91 Å². The maximum atomic E-state index is 11.7. The average Bonchev–Trinajstić information content (AvgIpc) is 2.28. The van der Waals surface area contributed by atoms with Crippen molar-refractivity contribution in [3.05, 3.63) is 34.9 Å². The maximum Gasteiger partial charge on any atom is 0.236 e. The Labute approximate surface area is 96.2 Å². The minimum atomic E-state index is 0.0405. The van der Waals surface area contributed by atoms with Gasteiger partial charge in [0.1, 0.15) is 0 Å². The van der Waals surface area contributed by atoms with Crippen molar-refractivity contribution in [3.63, 3.8) is 0 Å². The molecule has 1 unspecified atom stereocenters. The average molecular weight is 218 g/mol. The topological polar surface area (TPSA) is 46.3 Å². The number of hydrogen-bond acceptors (Lipinski definition) is 2. The van der Waals surface area contributed by atoms with Crippen molar-refractivity contribution in [2.75, 3.05) is 13.1 Å². The number of nitrogens with zero attached hydrogens (tertiary/aromatic N) is 1. The monoisotopic (exact) mass is 218 g/mol. The lowest BCUT2D eigenvalue weighted by Gasteiger charge is -2.35. The van der Waals surface area contributed by atoms with E-state index in [1.54, 1.807) is 0 Å². The quantitative estimate of drug-likeness (QED) is 0.774. The summed E-state index contributed by atoms with van der Waals surface area (Å²) in [6.07, 6.45) is 0.938. The molecule has 0 spiro atoms. The molecule has 0 aromatic heterocycles. The largest absolute Gasteiger partial charge is 0.334 e. The van der Waals surface area contributed by atoms with E-state index in [9.17, 15) is 4.79 Å². The third kappa shape index (κ3) is 1.83. The molecule has 1 atom stereocenters. The van der Waals surface area contributed by atoms with Crippen LogP contribution in [-0.2, 0) is 11.2 Å². The summed E-state index contributed by atoms with van der Waals surface area (Å²) >= 11 is 0. The SMILES string of the molecule is Cc1ccc2c(c1)CCN(C(=O)CN)C2C. The molecule has 1 aliphatic heterocycles. The summed E-state index contributed by atoms with van der Waals surface area (Å²) in [5.41, 5.74) is 9.33. The standard InChI is InChI=1S/C13H18N2O/c1-9-3-4-12-10(2)15(13(16)8-14)6-5-11(12)7-9/h3-4,7,10H,5-6,8,14H2,1-2H3. The van der Waals surface area contributed by atoms with Crippen LogP contribution < -0.4 is 5.73 Å². The summed E-state index contributed by atoms with van der Waals surface area (Å²) in [5.74, 6) is 0.0405. The normalized spacial score (nSPS) is 19.4. The molecule has 0 fully saturated rings. The Bertz CT molecular complexity index is 414. The summed E-state index contributed by atoms with van der Waals surface area (Å²) in [6.45, 7) is 5.06. The van der Waals surface area contributed by atoms with Gasteiger partial charge in [-0.15, -0.1) is 0 Å². The number of rotatable bonds is 1. The van der Waals surface area contributed by atoms with Gasteiger partial charge in [-0.3, -0.25) is 4.79 Å². The van der Waals surface area contributed by atoms with Crippen LogP contribution in [0, 0.1) is 6.92 Å². The molecule has 1 aliphatic rings. The van der Waals surface area contributed by atoms with Gasteiger partial charge in [-0.25, -0.2) is 0 Å². The molecule has 0 aliphatic carbocycles. The molecule has 0 saturated heterocycles. The summed E-state index contributed by atoms with van der Waals surface area (Å²) in [5, 5.41) is 0. The van der Waals surface area contributed by atoms with Gasteiger partial charge in [0.25, 0.3) is 0 Å². The van der Waals surface area contributed by atoms with Crippen molar-refractivity contribution in [1.29, 1.82) is 0 Å². The highest BCUT2D eigenvalue weighted by molar-refractivity contribution is 5.78. The molecule has 0 radical (unpaired) electrons. The molecule has 0 bridgehead atoms. The second-order valence-electron chi connectivity index (χ2n) is 4.42. The molecule has 3 nitrogen and oxygen atoms in total. The van der Waals surface area contributed by atoms with Crippen molar-refractivity contribution in [2.45, 2.75) is 26.3 Å². The fraction of sp³-hybridized carbons (Fsp3) is 0.462. The molecule has 1 aromatic carbocycles. The Hall–Kier alpha value is -1.35. The van der Waals surface area contributed by atoms with E-state index < -0.39 is 0 Å². The van der Waals surface area contributed by atoms with E-state index in [1.165, 1.54) is 16.7 Å². The Morgan fingerprint density at radius 1 is 1.56 bits per heavy atom. The van der Waals surface area contributed by atoms with E-state index in [4.69, 9.17) is 5.73 Å². The second-order valence-corrected chi connectivity index (χ2v) is 4.42. The Balaban J connectivity index is 2.32. The molecule has 0 saturated carbocycles. The molecule has 16 heavy (non-hydrogen) atoms. The molecule has 1 heterocycles. The number of hydrogen-bond donors (Lipinski definition) is 1. The minimum absolute atomic E-state index is 0.0405. The van der Waals surface area contributed by atoms with Gasteiger partial charge in [-0.1, -0.05) is 23.8 Å². The van der Waals surface area contributed by atoms with Crippen LogP contribution in [0.2, 0.25) is 0 Å². The molecule has 2 rings (SSSR count). The zero-order valence-electron chi connectivity index (χ0n) is 9.86. The molecule has 3 heteroatoms. The Morgan fingerprint density at radius 2 is 2.31 bits per heavy atom. The first-order chi connectivity index (χ1) is 7.63. The van der Waals surface area contributed by atoms with Crippen LogP contribution in [0.3, 0.4) is 0 Å². The maximum absolute atomic E-state index is 11.7. The Kier molecular flexibility index (Phi) is 2.97. The smallest absolute Gasteiger partial charge is 0.236 e. The van der Waals surface area contributed by atoms with Crippen molar-refractivity contribution < 1.29 is 4.79 Å². The van der Waals surface area contributed by atoms with Gasteiger partial charge in [-0.2, -0.15) is 0 Å². The highest BCUT2D eigenvalue weighted by atomic mass is 16.2. The third-order valence-corrected chi connectivity index (χ3v) is 3.33. The zero-order chi connectivity index (χ0) is 11.7. The summed E-state index contributed by atoms with van der Waals surface area (Å²) in [4.78, 5) is 13.5. The molecule has 2 N–H and O–H groups in total. The van der Waals surface area contributed by atoms with E-state index in [-0.39, 0.29) is 18.5 Å². The first-order valence-corrected chi connectivity index (χ1v) is 5.72. The number of nitrogens with two attached hydrogens (primary N) is 1. The van der Waals surface area contributed by atoms with Crippen LogP contribution in [0.25, 0.3) is 0 Å². The first kappa shape index (κ1) is 11.1. The predicted molar refractivity (Wildman–Crippen MR) is 64.1 cm³/mol. The van der Waals surface area contributed by atoms with Crippen LogP contribution >= 0.6 is 0 Å². The molecule has 1 aromatic rings. The van der Waals surface area contributed by atoms with Crippen LogP contribution in [0.5, 0.6) is 0 Å². The van der Waals surface area contributed by atoms with Crippen LogP contribution in [0.15, 0.2) is 18.2 Å². The van der Waals surface area contributed by atoms with Gasteiger partial charge in [0.2, 0.25) is 5.91 Å². The first-order valence-electron chi connectivity index (χ1n) is 5.72. The van der Waals surface area contributed by atoms with Gasteiger partial charge in [-0.05, 0) is 31.4 Å². The van der Waals surface area contributed by atoms with Crippen LogP contribution in [0.4, 0.5) is 0 Å². The second kappa shape index (κ2) is 4.26. The van der Waals surface area contributed by atoms with E-state index in [2.05, 4.69) is 32.0 Å². The van der Waals surface area contributed by atoms with Crippen molar-refractivity contribution in [2.24, 2.45) is 5.73 Å². The lowest BCUT2D eigenvalue weighted by atomic mass is 9.92. The van der Waals surface area contributed by atoms with Gasteiger partial charge in [0.15, 0.2) is 0 Å². The summed E-state index contributed by atoms with van der Waals surface area (Å²) < 4.78 is 0. The van der Waals surface area contributed by atoms with Gasteiger partial charge in [0.05, 0.1) is 12.6 Å². The van der Waals surface area contributed by atoms with Gasteiger partial charge in [0, 0.05) is 6.54 Å². The van der Waals surface area contributed by atoms with Gasteiger partial charge < -0.3 is 10.6 Å². The minimum Gasteiger partial charge on any atom is -0.334 e. The lowest BCUT2D eigenvalue weighted by molar-refractivity contribution is -0.132. The summed E-state index contributed by atoms with van der Waals surface area (Å²) in [7, 11) is 0. The predicted octanol–water partition coefficient (Wildman–Crippen LogP) is 1.40. The van der Waals surface area contributed by atoms with Crippen molar-refractivity contribution in [1.82, 2.24) is 4.90 Å². The number of carbonyl (C=O) groups excluding carboxylic acids is 1. The molecular weight excluding hydrogens is 200 g/mol. The molecular formula is C13H18N2O. The van der Waals surface area contributed by atoms with E-state index >= 15 is 0 Å². The zero-order valence-corrected chi connectivity index (χ0v) is 9.86. The summed E-state index contributed by atoms with van der Waals surface area (Å²) in [6, 6.07) is 6.60. The van der Waals surface area contributed by atoms with E-state index in [0.717, 1.165) is 13.0 Å². The molecule has 1 amide bonds. The van der Waals surface area contributed by atoms with Crippen molar-refractivity contribution in [3.8, 4) is 0 Å². The number of fused-ring (bicyclic) bond motifs is 1. The number of benzene rings is 1. The third-order valence-electron chi connectivity index (χ3n) is 3.33.